The SMILES string of the molecule is C=C(c1ccc2c(c1)N=CC2c1ccc(F)c(C)c1)C1CCC(F)CC1. The second kappa shape index (κ2) is 6.79. The van der Waals surface area contributed by atoms with Gasteiger partial charge in [-0.25, -0.2) is 8.78 Å². The molecule has 1 nitrogen and oxygen atoms in total. The highest BCUT2D eigenvalue weighted by atomic mass is 19.1. The van der Waals surface area contributed by atoms with E-state index in [0.717, 1.165) is 40.8 Å². The fourth-order valence-electron chi connectivity index (χ4n) is 4.12. The molecule has 0 bridgehead atoms. The maximum Gasteiger partial charge on any atom is 0.126 e. The number of rotatable bonds is 3. The van der Waals surface area contributed by atoms with E-state index < -0.39 is 6.17 Å². The summed E-state index contributed by atoms with van der Waals surface area (Å²) in [6.07, 6.45) is 4.30. The summed E-state index contributed by atoms with van der Waals surface area (Å²) in [5.41, 5.74) is 5.99. The highest BCUT2D eigenvalue weighted by Gasteiger charge is 2.25. The summed E-state index contributed by atoms with van der Waals surface area (Å²) < 4.78 is 26.9. The monoisotopic (exact) mass is 351 g/mol. The molecule has 1 aliphatic heterocycles. The van der Waals surface area contributed by atoms with E-state index >= 15 is 0 Å². The summed E-state index contributed by atoms with van der Waals surface area (Å²) in [7, 11) is 0. The third-order valence-electron chi connectivity index (χ3n) is 5.79. The lowest BCUT2D eigenvalue weighted by atomic mass is 9.80. The number of fused-ring (bicyclic) bond motifs is 1. The third kappa shape index (κ3) is 3.11. The minimum atomic E-state index is -0.649. The summed E-state index contributed by atoms with van der Waals surface area (Å²) in [6.45, 7) is 6.06. The Labute approximate surface area is 153 Å². The molecule has 0 saturated heterocycles. The number of benzene rings is 2. The van der Waals surface area contributed by atoms with Gasteiger partial charge in [0.1, 0.15) is 12.0 Å². The smallest absolute Gasteiger partial charge is 0.126 e. The second-order valence-corrected chi connectivity index (χ2v) is 7.51. The fraction of sp³-hybridized carbons (Fsp3) is 0.348. The van der Waals surface area contributed by atoms with Gasteiger partial charge in [0, 0.05) is 12.1 Å². The first kappa shape index (κ1) is 17.1. The standard InChI is InChI=1S/C23H23F2N/c1-14-11-18(6-10-22(14)25)21-13-26-23-12-17(5-9-20(21)23)15(2)16-3-7-19(24)8-4-16/h5-6,9-13,16,19,21H,2-4,7-8H2,1H3. The summed E-state index contributed by atoms with van der Waals surface area (Å²) in [6, 6.07) is 11.5. The summed E-state index contributed by atoms with van der Waals surface area (Å²) in [5.74, 6) is 0.244. The lowest BCUT2D eigenvalue weighted by Gasteiger charge is -2.26. The molecule has 134 valence electrons. The van der Waals surface area contributed by atoms with Crippen LogP contribution in [0.3, 0.4) is 0 Å². The van der Waals surface area contributed by atoms with Crippen molar-refractivity contribution in [2.24, 2.45) is 10.9 Å². The van der Waals surface area contributed by atoms with E-state index in [-0.39, 0.29) is 11.7 Å². The molecular formula is C23H23F2N. The average Bonchev–Trinajstić information content (AvgIpc) is 3.07. The van der Waals surface area contributed by atoms with Gasteiger partial charge in [-0.2, -0.15) is 0 Å². The Morgan fingerprint density at radius 2 is 1.85 bits per heavy atom. The number of hydrogen-bond acceptors (Lipinski definition) is 1. The van der Waals surface area contributed by atoms with Gasteiger partial charge in [0.25, 0.3) is 0 Å². The first-order chi connectivity index (χ1) is 12.5. The van der Waals surface area contributed by atoms with E-state index in [0.29, 0.717) is 24.3 Å². The Hall–Kier alpha value is -2.29. The molecule has 1 heterocycles. The Kier molecular flexibility index (Phi) is 4.47. The van der Waals surface area contributed by atoms with Crippen LogP contribution in [0.2, 0.25) is 0 Å². The van der Waals surface area contributed by atoms with Crippen LogP contribution in [-0.4, -0.2) is 12.4 Å². The molecule has 2 aromatic rings. The number of alkyl halides is 1. The van der Waals surface area contributed by atoms with Crippen molar-refractivity contribution in [2.75, 3.05) is 0 Å². The van der Waals surface area contributed by atoms with E-state index in [1.807, 2.05) is 18.3 Å². The number of hydrogen-bond donors (Lipinski definition) is 0. The molecule has 1 atom stereocenters. The zero-order chi connectivity index (χ0) is 18.3. The van der Waals surface area contributed by atoms with Gasteiger partial charge in [0.15, 0.2) is 0 Å². The maximum atomic E-state index is 13.6. The molecule has 1 fully saturated rings. The van der Waals surface area contributed by atoms with Crippen LogP contribution in [0.4, 0.5) is 14.5 Å². The van der Waals surface area contributed by atoms with Crippen molar-refractivity contribution < 1.29 is 8.78 Å². The van der Waals surface area contributed by atoms with Gasteiger partial charge in [-0.3, -0.25) is 4.99 Å². The van der Waals surface area contributed by atoms with E-state index in [2.05, 4.69) is 29.8 Å². The largest absolute Gasteiger partial charge is 0.260 e. The van der Waals surface area contributed by atoms with Crippen LogP contribution in [-0.2, 0) is 0 Å². The Balaban J connectivity index is 1.58. The van der Waals surface area contributed by atoms with E-state index in [4.69, 9.17) is 0 Å². The topological polar surface area (TPSA) is 12.4 Å². The molecule has 0 radical (unpaired) electrons. The van der Waals surface area contributed by atoms with Gasteiger partial charge in [0.05, 0.1) is 5.69 Å². The summed E-state index contributed by atoms with van der Waals surface area (Å²) >= 11 is 0. The molecule has 0 amide bonds. The lowest BCUT2D eigenvalue weighted by Crippen LogP contribution is -2.15. The van der Waals surface area contributed by atoms with Crippen LogP contribution in [0.5, 0.6) is 0 Å². The van der Waals surface area contributed by atoms with Gasteiger partial charge in [-0.1, -0.05) is 30.8 Å². The second-order valence-electron chi connectivity index (χ2n) is 7.51. The Morgan fingerprint density at radius 3 is 2.58 bits per heavy atom. The molecule has 1 aliphatic carbocycles. The maximum absolute atomic E-state index is 13.6. The molecule has 0 aromatic heterocycles. The normalized spacial score (nSPS) is 24.5. The zero-order valence-corrected chi connectivity index (χ0v) is 15.0. The van der Waals surface area contributed by atoms with Crippen molar-refractivity contribution in [1.29, 1.82) is 0 Å². The number of allylic oxidation sites excluding steroid dienone is 1. The van der Waals surface area contributed by atoms with Crippen LogP contribution < -0.4 is 0 Å². The van der Waals surface area contributed by atoms with E-state index in [1.54, 1.807) is 6.92 Å². The van der Waals surface area contributed by atoms with Crippen molar-refractivity contribution >= 4 is 17.5 Å². The molecule has 2 aromatic carbocycles. The number of aliphatic imine (C=N–C) groups is 1. The molecule has 1 unspecified atom stereocenters. The zero-order valence-electron chi connectivity index (χ0n) is 15.0. The molecule has 0 spiro atoms. The Morgan fingerprint density at radius 1 is 1.08 bits per heavy atom. The summed E-state index contributed by atoms with van der Waals surface area (Å²) in [5, 5.41) is 0. The van der Waals surface area contributed by atoms with Gasteiger partial charge < -0.3 is 0 Å². The van der Waals surface area contributed by atoms with Crippen LogP contribution in [0.15, 0.2) is 48.0 Å². The number of nitrogens with zero attached hydrogens (tertiary/aromatic N) is 1. The number of aryl methyl sites for hydroxylation is 1. The fourth-order valence-corrected chi connectivity index (χ4v) is 4.12. The van der Waals surface area contributed by atoms with Gasteiger partial charge in [-0.05, 0) is 78.5 Å². The molecule has 2 aliphatic rings. The minimum Gasteiger partial charge on any atom is -0.260 e. The molecule has 0 N–H and O–H groups in total. The average molecular weight is 351 g/mol. The first-order valence-corrected chi connectivity index (χ1v) is 9.30. The minimum absolute atomic E-state index is 0.0635. The van der Waals surface area contributed by atoms with E-state index in [1.165, 1.54) is 6.07 Å². The summed E-state index contributed by atoms with van der Waals surface area (Å²) in [4.78, 5) is 4.59. The van der Waals surface area contributed by atoms with Gasteiger partial charge in [0.2, 0.25) is 0 Å². The molecule has 26 heavy (non-hydrogen) atoms. The van der Waals surface area contributed by atoms with Crippen molar-refractivity contribution in [2.45, 2.75) is 44.7 Å². The number of halogens is 2. The predicted molar refractivity (Wildman–Crippen MR) is 103 cm³/mol. The quantitative estimate of drug-likeness (QED) is 0.596. The predicted octanol–water partition coefficient (Wildman–Crippen LogP) is 6.52. The van der Waals surface area contributed by atoms with Crippen molar-refractivity contribution in [3.8, 4) is 0 Å². The van der Waals surface area contributed by atoms with Crippen molar-refractivity contribution in [3.05, 3.63) is 71.0 Å². The lowest BCUT2D eigenvalue weighted by molar-refractivity contribution is 0.230. The van der Waals surface area contributed by atoms with E-state index in [9.17, 15) is 8.78 Å². The molecule has 4 rings (SSSR count). The van der Waals surface area contributed by atoms with Crippen molar-refractivity contribution in [3.63, 3.8) is 0 Å². The molecule has 1 saturated carbocycles. The van der Waals surface area contributed by atoms with Crippen LogP contribution in [0.25, 0.3) is 5.57 Å². The highest BCUT2D eigenvalue weighted by molar-refractivity contribution is 5.85. The first-order valence-electron chi connectivity index (χ1n) is 9.30. The molecule has 3 heteroatoms. The van der Waals surface area contributed by atoms with Crippen LogP contribution in [0, 0.1) is 18.7 Å². The highest BCUT2D eigenvalue weighted by Crippen LogP contribution is 2.41. The molecular weight excluding hydrogens is 328 g/mol. The third-order valence-corrected chi connectivity index (χ3v) is 5.79. The van der Waals surface area contributed by atoms with Gasteiger partial charge >= 0.3 is 0 Å². The Bertz CT molecular complexity index is 876. The van der Waals surface area contributed by atoms with Crippen LogP contribution in [0.1, 0.15) is 53.9 Å². The van der Waals surface area contributed by atoms with Crippen molar-refractivity contribution in [1.82, 2.24) is 0 Å². The van der Waals surface area contributed by atoms with Gasteiger partial charge in [-0.15, -0.1) is 0 Å². The van der Waals surface area contributed by atoms with Crippen LogP contribution >= 0.6 is 0 Å².